The van der Waals surface area contributed by atoms with Crippen molar-refractivity contribution < 1.29 is 4.79 Å². The molecule has 1 aliphatic heterocycles. The predicted octanol–water partition coefficient (Wildman–Crippen LogP) is 6.02. The van der Waals surface area contributed by atoms with Crippen LogP contribution in [0.1, 0.15) is 67.1 Å². The maximum absolute atomic E-state index is 12.6. The van der Waals surface area contributed by atoms with Gasteiger partial charge >= 0.3 is 0 Å². The van der Waals surface area contributed by atoms with E-state index in [0.717, 1.165) is 34.9 Å². The molecule has 1 atom stereocenters. The number of hydrazone groups is 1. The number of benzene rings is 3. The van der Waals surface area contributed by atoms with Crippen LogP contribution in [0.4, 0.5) is 5.69 Å². The number of aryl methyl sites for hydroxylation is 1. The molecule has 4 nitrogen and oxygen atoms in total. The van der Waals surface area contributed by atoms with Crippen molar-refractivity contribution >= 4 is 28.6 Å². The quantitative estimate of drug-likeness (QED) is 0.420. The Labute approximate surface area is 185 Å². The molecule has 1 heterocycles. The zero-order chi connectivity index (χ0) is 22.2. The molecule has 3 aromatic rings. The van der Waals surface area contributed by atoms with Crippen molar-refractivity contribution in [2.24, 2.45) is 5.10 Å². The van der Waals surface area contributed by atoms with Gasteiger partial charge in [0.2, 0.25) is 0 Å². The molecule has 0 aliphatic carbocycles. The van der Waals surface area contributed by atoms with Gasteiger partial charge in [-0.05, 0) is 91.8 Å². The Morgan fingerprint density at radius 3 is 2.65 bits per heavy atom. The number of nitrogens with zero attached hydrogens (tertiary/aromatic N) is 2. The van der Waals surface area contributed by atoms with Crippen LogP contribution in [-0.4, -0.2) is 24.2 Å². The second-order valence-corrected chi connectivity index (χ2v) is 9.19. The van der Waals surface area contributed by atoms with Gasteiger partial charge in [-0.2, -0.15) is 5.10 Å². The maximum atomic E-state index is 12.6. The normalized spacial score (nSPS) is 17.7. The molecule has 0 fully saturated rings. The third kappa shape index (κ3) is 4.07. The van der Waals surface area contributed by atoms with Crippen LogP contribution in [0.3, 0.4) is 0 Å². The molecule has 0 unspecified atom stereocenters. The molecule has 0 bridgehead atoms. The summed E-state index contributed by atoms with van der Waals surface area (Å²) < 4.78 is 0. The van der Waals surface area contributed by atoms with E-state index in [9.17, 15) is 4.79 Å². The standard InChI is InChI=1S/C27H31N3O/c1-6-30-25-13-18(2)23(15-24(25)19(3)16-27(30,4)5)17-28-29-26(31)22-12-11-20-9-7-8-10-21(20)14-22/h7-15,17,19H,6,16H2,1-5H3,(H,29,31)/b28-17-/t19-/m0/s1. The Bertz CT molecular complexity index is 1160. The van der Waals surface area contributed by atoms with Crippen LogP contribution in [0.5, 0.6) is 0 Å². The number of carbonyl (C=O) groups excluding carboxylic acids is 1. The molecule has 4 heteroatoms. The second kappa shape index (κ2) is 8.18. The van der Waals surface area contributed by atoms with Crippen molar-refractivity contribution in [1.82, 2.24) is 5.43 Å². The van der Waals surface area contributed by atoms with E-state index >= 15 is 0 Å². The molecule has 1 amide bonds. The molecule has 0 spiro atoms. The third-order valence-electron chi connectivity index (χ3n) is 6.47. The van der Waals surface area contributed by atoms with Crippen molar-refractivity contribution in [3.05, 3.63) is 76.9 Å². The Hall–Kier alpha value is -3.14. The summed E-state index contributed by atoms with van der Waals surface area (Å²) in [6, 6.07) is 18.2. The lowest BCUT2D eigenvalue weighted by Gasteiger charge is -2.47. The van der Waals surface area contributed by atoms with Crippen LogP contribution in [0, 0.1) is 6.92 Å². The van der Waals surface area contributed by atoms with Crippen LogP contribution in [0.2, 0.25) is 0 Å². The summed E-state index contributed by atoms with van der Waals surface area (Å²) in [7, 11) is 0. The molecular formula is C27H31N3O. The second-order valence-electron chi connectivity index (χ2n) is 9.19. The highest BCUT2D eigenvalue weighted by molar-refractivity contribution is 5.99. The lowest BCUT2D eigenvalue weighted by atomic mass is 9.79. The Morgan fingerprint density at radius 2 is 1.90 bits per heavy atom. The largest absolute Gasteiger partial charge is 0.366 e. The fraction of sp³-hybridized carbons (Fsp3) is 0.333. The number of anilines is 1. The molecule has 0 saturated heterocycles. The maximum Gasteiger partial charge on any atom is 0.271 e. The van der Waals surface area contributed by atoms with Gasteiger partial charge in [0.05, 0.1) is 6.21 Å². The average molecular weight is 414 g/mol. The lowest BCUT2D eigenvalue weighted by Crippen LogP contribution is -2.48. The van der Waals surface area contributed by atoms with Crippen LogP contribution in [0.15, 0.2) is 59.7 Å². The first-order chi connectivity index (χ1) is 14.8. The molecule has 0 aromatic heterocycles. The van der Waals surface area contributed by atoms with Gasteiger partial charge in [-0.3, -0.25) is 4.79 Å². The summed E-state index contributed by atoms with van der Waals surface area (Å²) in [6.45, 7) is 12.3. The van der Waals surface area contributed by atoms with E-state index in [4.69, 9.17) is 0 Å². The Morgan fingerprint density at radius 1 is 1.16 bits per heavy atom. The molecule has 0 saturated carbocycles. The highest BCUT2D eigenvalue weighted by Gasteiger charge is 2.35. The summed E-state index contributed by atoms with van der Waals surface area (Å²) >= 11 is 0. The highest BCUT2D eigenvalue weighted by atomic mass is 16.2. The van der Waals surface area contributed by atoms with E-state index in [0.29, 0.717) is 11.5 Å². The van der Waals surface area contributed by atoms with Crippen molar-refractivity contribution in [2.45, 2.75) is 52.5 Å². The van der Waals surface area contributed by atoms with Gasteiger partial charge in [0, 0.05) is 23.3 Å². The van der Waals surface area contributed by atoms with Gasteiger partial charge in [-0.25, -0.2) is 5.43 Å². The van der Waals surface area contributed by atoms with E-state index in [-0.39, 0.29) is 11.4 Å². The number of fused-ring (bicyclic) bond motifs is 2. The molecule has 4 rings (SSSR count). The lowest BCUT2D eigenvalue weighted by molar-refractivity contribution is 0.0955. The minimum Gasteiger partial charge on any atom is -0.366 e. The fourth-order valence-corrected chi connectivity index (χ4v) is 4.94. The number of carbonyl (C=O) groups is 1. The molecule has 160 valence electrons. The van der Waals surface area contributed by atoms with Gasteiger partial charge in [0.25, 0.3) is 5.91 Å². The number of rotatable bonds is 4. The summed E-state index contributed by atoms with van der Waals surface area (Å²) in [5.74, 6) is 0.276. The number of hydrogen-bond donors (Lipinski definition) is 1. The minimum atomic E-state index is -0.204. The first-order valence-electron chi connectivity index (χ1n) is 11.0. The van der Waals surface area contributed by atoms with E-state index in [1.807, 2.05) is 42.5 Å². The fourth-order valence-electron chi connectivity index (χ4n) is 4.94. The summed E-state index contributed by atoms with van der Waals surface area (Å²) in [5.41, 5.74) is 8.31. The Balaban J connectivity index is 1.55. The van der Waals surface area contributed by atoms with Crippen LogP contribution < -0.4 is 10.3 Å². The third-order valence-corrected chi connectivity index (χ3v) is 6.47. The van der Waals surface area contributed by atoms with E-state index in [1.54, 1.807) is 6.21 Å². The number of nitrogens with one attached hydrogen (secondary N) is 1. The SMILES string of the molecule is CCN1c2cc(C)c(/C=N\NC(=O)c3ccc4ccccc4c3)cc2[C@@H](C)CC1(C)C. The Kier molecular flexibility index (Phi) is 5.57. The van der Waals surface area contributed by atoms with Gasteiger partial charge in [-0.15, -0.1) is 0 Å². The average Bonchev–Trinajstić information content (AvgIpc) is 2.73. The summed E-state index contributed by atoms with van der Waals surface area (Å²) in [6.07, 6.45) is 2.88. The topological polar surface area (TPSA) is 44.7 Å². The van der Waals surface area contributed by atoms with Crippen molar-refractivity contribution in [3.8, 4) is 0 Å². The molecule has 1 N–H and O–H groups in total. The smallest absolute Gasteiger partial charge is 0.271 e. The predicted molar refractivity (Wildman–Crippen MR) is 130 cm³/mol. The first kappa shape index (κ1) is 21.1. The zero-order valence-corrected chi connectivity index (χ0v) is 19.1. The number of amides is 1. The molecular weight excluding hydrogens is 382 g/mol. The van der Waals surface area contributed by atoms with Crippen molar-refractivity contribution in [2.75, 3.05) is 11.4 Å². The number of hydrogen-bond acceptors (Lipinski definition) is 3. The van der Waals surface area contributed by atoms with Gasteiger partial charge in [0.15, 0.2) is 0 Å². The molecule has 0 radical (unpaired) electrons. The zero-order valence-electron chi connectivity index (χ0n) is 19.1. The monoisotopic (exact) mass is 413 g/mol. The van der Waals surface area contributed by atoms with Crippen molar-refractivity contribution in [3.63, 3.8) is 0 Å². The summed E-state index contributed by atoms with van der Waals surface area (Å²) in [5, 5.41) is 6.42. The van der Waals surface area contributed by atoms with Crippen LogP contribution in [0.25, 0.3) is 10.8 Å². The van der Waals surface area contributed by atoms with Crippen LogP contribution in [-0.2, 0) is 0 Å². The minimum absolute atomic E-state index is 0.150. The highest BCUT2D eigenvalue weighted by Crippen LogP contribution is 2.43. The van der Waals surface area contributed by atoms with Gasteiger partial charge < -0.3 is 4.90 Å². The van der Waals surface area contributed by atoms with Gasteiger partial charge in [-0.1, -0.05) is 37.3 Å². The first-order valence-corrected chi connectivity index (χ1v) is 11.0. The van der Waals surface area contributed by atoms with Crippen molar-refractivity contribution in [1.29, 1.82) is 0 Å². The van der Waals surface area contributed by atoms with Crippen LogP contribution >= 0.6 is 0 Å². The molecule has 1 aliphatic rings. The van der Waals surface area contributed by atoms with E-state index in [2.05, 4.69) is 62.2 Å². The van der Waals surface area contributed by atoms with E-state index < -0.39 is 0 Å². The van der Waals surface area contributed by atoms with E-state index in [1.165, 1.54) is 11.3 Å². The molecule has 3 aromatic carbocycles. The molecule has 31 heavy (non-hydrogen) atoms. The van der Waals surface area contributed by atoms with Gasteiger partial charge in [0.1, 0.15) is 0 Å². The summed E-state index contributed by atoms with van der Waals surface area (Å²) in [4.78, 5) is 15.1.